The smallest absolute Gasteiger partial charge is 0.247 e. The molecule has 0 unspecified atom stereocenters. The monoisotopic (exact) mass is 425 g/mol. The Morgan fingerprint density at radius 3 is 2.40 bits per heavy atom. The Morgan fingerprint density at radius 1 is 0.967 bits per heavy atom. The molecule has 0 bridgehead atoms. The van der Waals surface area contributed by atoms with Gasteiger partial charge in [0.15, 0.2) is 0 Å². The summed E-state index contributed by atoms with van der Waals surface area (Å²) in [4.78, 5) is 16.6. The van der Waals surface area contributed by atoms with Crippen LogP contribution in [0.5, 0.6) is 0 Å². The number of carbonyl (C=O) groups is 1. The van der Waals surface area contributed by atoms with Crippen LogP contribution in [0.4, 0.5) is 0 Å². The lowest BCUT2D eigenvalue weighted by atomic mass is 10.2. The molecular formula is C22H24ClN5O2. The fourth-order valence-corrected chi connectivity index (χ4v) is 3.50. The molecule has 0 aliphatic carbocycles. The highest BCUT2D eigenvalue weighted by molar-refractivity contribution is 6.30. The minimum absolute atomic E-state index is 0.0526. The van der Waals surface area contributed by atoms with Gasteiger partial charge in [-0.25, -0.2) is 0 Å². The zero-order chi connectivity index (χ0) is 20.8. The Morgan fingerprint density at radius 2 is 1.67 bits per heavy atom. The van der Waals surface area contributed by atoms with Gasteiger partial charge >= 0.3 is 0 Å². The van der Waals surface area contributed by atoms with Gasteiger partial charge in [-0.3, -0.25) is 14.6 Å². The molecule has 1 aromatic heterocycles. The maximum Gasteiger partial charge on any atom is 0.247 e. The van der Waals surface area contributed by atoms with E-state index in [4.69, 9.17) is 16.0 Å². The van der Waals surface area contributed by atoms with Gasteiger partial charge in [0, 0.05) is 43.3 Å². The molecule has 1 aliphatic rings. The molecule has 1 saturated heterocycles. The van der Waals surface area contributed by atoms with Gasteiger partial charge in [0.2, 0.25) is 17.7 Å². The van der Waals surface area contributed by atoms with Gasteiger partial charge in [-0.2, -0.15) is 0 Å². The number of hydrogen-bond acceptors (Lipinski definition) is 6. The first-order valence-corrected chi connectivity index (χ1v) is 10.4. The Balaban J connectivity index is 1.20. The highest BCUT2D eigenvalue weighted by atomic mass is 35.5. The summed E-state index contributed by atoms with van der Waals surface area (Å²) in [5.41, 5.74) is 1.96. The number of nitrogens with zero attached hydrogens (tertiary/aromatic N) is 4. The molecule has 1 N–H and O–H groups in total. The SMILES string of the molecule is O=C(CN1CCN(Cc2nnc(-c3ccc(Cl)cc3)o2)CC1)NCc1ccccc1. The van der Waals surface area contributed by atoms with Gasteiger partial charge in [0.05, 0.1) is 13.1 Å². The average Bonchev–Trinajstić information content (AvgIpc) is 3.23. The van der Waals surface area contributed by atoms with Crippen LogP contribution < -0.4 is 5.32 Å². The lowest BCUT2D eigenvalue weighted by Crippen LogP contribution is -2.49. The predicted molar refractivity (Wildman–Crippen MR) is 115 cm³/mol. The number of amides is 1. The van der Waals surface area contributed by atoms with Crippen LogP contribution >= 0.6 is 11.6 Å². The van der Waals surface area contributed by atoms with Gasteiger partial charge in [-0.05, 0) is 29.8 Å². The first kappa shape index (κ1) is 20.5. The summed E-state index contributed by atoms with van der Waals surface area (Å²) in [5, 5.41) is 11.9. The van der Waals surface area contributed by atoms with E-state index in [9.17, 15) is 4.79 Å². The number of aromatic nitrogens is 2. The second-order valence-electron chi connectivity index (χ2n) is 7.32. The molecule has 1 amide bonds. The van der Waals surface area contributed by atoms with Crippen molar-refractivity contribution in [2.75, 3.05) is 32.7 Å². The molecule has 0 atom stereocenters. The van der Waals surface area contributed by atoms with Crippen LogP contribution in [0.1, 0.15) is 11.5 Å². The van der Waals surface area contributed by atoms with Crippen molar-refractivity contribution in [2.45, 2.75) is 13.1 Å². The molecule has 4 rings (SSSR count). The highest BCUT2D eigenvalue weighted by Gasteiger charge is 2.21. The summed E-state index contributed by atoms with van der Waals surface area (Å²) in [6.07, 6.45) is 0. The van der Waals surface area contributed by atoms with Crippen molar-refractivity contribution in [1.82, 2.24) is 25.3 Å². The fourth-order valence-electron chi connectivity index (χ4n) is 3.38. The van der Waals surface area contributed by atoms with Crippen molar-refractivity contribution in [1.29, 1.82) is 0 Å². The van der Waals surface area contributed by atoms with E-state index >= 15 is 0 Å². The third kappa shape index (κ3) is 5.66. The quantitative estimate of drug-likeness (QED) is 0.627. The highest BCUT2D eigenvalue weighted by Crippen LogP contribution is 2.20. The Kier molecular flexibility index (Phi) is 6.74. The van der Waals surface area contributed by atoms with Gasteiger partial charge < -0.3 is 9.73 Å². The minimum atomic E-state index is 0.0526. The summed E-state index contributed by atoms with van der Waals surface area (Å²) in [7, 11) is 0. The lowest BCUT2D eigenvalue weighted by molar-refractivity contribution is -0.122. The van der Waals surface area contributed by atoms with E-state index in [1.165, 1.54) is 0 Å². The van der Waals surface area contributed by atoms with Crippen molar-refractivity contribution in [3.05, 3.63) is 71.1 Å². The molecule has 2 aromatic carbocycles. The summed E-state index contributed by atoms with van der Waals surface area (Å²) >= 11 is 5.92. The van der Waals surface area contributed by atoms with Crippen LogP contribution in [-0.4, -0.2) is 58.6 Å². The predicted octanol–water partition coefficient (Wildman–Crippen LogP) is 2.82. The molecule has 1 fully saturated rings. The summed E-state index contributed by atoms with van der Waals surface area (Å²) < 4.78 is 5.79. The van der Waals surface area contributed by atoms with Crippen molar-refractivity contribution >= 4 is 17.5 Å². The second-order valence-corrected chi connectivity index (χ2v) is 7.76. The van der Waals surface area contributed by atoms with Crippen LogP contribution in [0.2, 0.25) is 5.02 Å². The topological polar surface area (TPSA) is 74.5 Å². The zero-order valence-corrected chi connectivity index (χ0v) is 17.4. The molecule has 1 aliphatic heterocycles. The number of piperazine rings is 1. The van der Waals surface area contributed by atoms with Crippen LogP contribution in [0, 0.1) is 0 Å². The average molecular weight is 426 g/mol. The van der Waals surface area contributed by atoms with Crippen LogP contribution in [0.15, 0.2) is 59.0 Å². The molecule has 8 heteroatoms. The standard InChI is InChI=1S/C22H24ClN5O2/c23-19-8-6-18(7-9-19)22-26-25-21(30-22)16-28-12-10-27(11-13-28)15-20(29)24-14-17-4-2-1-3-5-17/h1-9H,10-16H2,(H,24,29). The molecule has 2 heterocycles. The molecule has 0 saturated carbocycles. The van der Waals surface area contributed by atoms with Crippen LogP contribution in [-0.2, 0) is 17.9 Å². The maximum absolute atomic E-state index is 12.2. The molecule has 0 radical (unpaired) electrons. The van der Waals surface area contributed by atoms with Crippen LogP contribution in [0.3, 0.4) is 0 Å². The molecule has 156 valence electrons. The van der Waals surface area contributed by atoms with Crippen molar-refractivity contribution < 1.29 is 9.21 Å². The molecule has 0 spiro atoms. The summed E-state index contributed by atoms with van der Waals surface area (Å²) in [5.74, 6) is 1.14. The van der Waals surface area contributed by atoms with Gasteiger partial charge in [0.25, 0.3) is 0 Å². The summed E-state index contributed by atoms with van der Waals surface area (Å²) in [6, 6.07) is 17.3. The van der Waals surface area contributed by atoms with E-state index in [1.807, 2.05) is 42.5 Å². The molecule has 7 nitrogen and oxygen atoms in total. The Labute approximate surface area is 180 Å². The van der Waals surface area contributed by atoms with E-state index < -0.39 is 0 Å². The first-order chi connectivity index (χ1) is 14.7. The minimum Gasteiger partial charge on any atom is -0.419 e. The molecule has 3 aromatic rings. The largest absolute Gasteiger partial charge is 0.419 e. The Bertz CT molecular complexity index is 953. The van der Waals surface area contributed by atoms with Crippen molar-refractivity contribution in [3.63, 3.8) is 0 Å². The number of nitrogens with one attached hydrogen (secondary N) is 1. The first-order valence-electron chi connectivity index (χ1n) is 9.99. The van der Waals surface area contributed by atoms with E-state index in [0.717, 1.165) is 37.3 Å². The summed E-state index contributed by atoms with van der Waals surface area (Å²) in [6.45, 7) is 4.95. The van der Waals surface area contributed by atoms with E-state index in [1.54, 1.807) is 12.1 Å². The number of carbonyl (C=O) groups excluding carboxylic acids is 1. The lowest BCUT2D eigenvalue weighted by Gasteiger charge is -2.33. The number of hydrogen-bond donors (Lipinski definition) is 1. The Hall–Kier alpha value is -2.74. The van der Waals surface area contributed by atoms with Crippen LogP contribution in [0.25, 0.3) is 11.5 Å². The normalized spacial score (nSPS) is 15.2. The molecular weight excluding hydrogens is 402 g/mol. The van der Waals surface area contributed by atoms with Crippen molar-refractivity contribution in [3.8, 4) is 11.5 Å². The third-order valence-corrected chi connectivity index (χ3v) is 5.33. The molecule has 30 heavy (non-hydrogen) atoms. The third-order valence-electron chi connectivity index (χ3n) is 5.08. The number of rotatable bonds is 7. The second kappa shape index (κ2) is 9.84. The zero-order valence-electron chi connectivity index (χ0n) is 16.6. The number of benzene rings is 2. The van der Waals surface area contributed by atoms with E-state index in [0.29, 0.717) is 36.4 Å². The van der Waals surface area contributed by atoms with Crippen molar-refractivity contribution in [2.24, 2.45) is 0 Å². The maximum atomic E-state index is 12.2. The van der Waals surface area contributed by atoms with E-state index in [-0.39, 0.29) is 5.91 Å². The fraction of sp³-hybridized carbons (Fsp3) is 0.318. The van der Waals surface area contributed by atoms with E-state index in [2.05, 4.69) is 25.3 Å². The van der Waals surface area contributed by atoms with Gasteiger partial charge in [-0.15, -0.1) is 10.2 Å². The number of halogens is 1. The van der Waals surface area contributed by atoms with Gasteiger partial charge in [0.1, 0.15) is 0 Å². The van der Waals surface area contributed by atoms with Gasteiger partial charge in [-0.1, -0.05) is 41.9 Å².